The number of hydrogen-bond donors (Lipinski definition) is 2. The first kappa shape index (κ1) is 26.7. The summed E-state index contributed by atoms with van der Waals surface area (Å²) in [6, 6.07) is 0. The van der Waals surface area contributed by atoms with Crippen molar-refractivity contribution in [2.24, 2.45) is 0 Å². The zero-order chi connectivity index (χ0) is 20.6. The highest BCUT2D eigenvalue weighted by Gasteiger charge is 2.07. The molecule has 0 rings (SSSR count). The SMILES string of the molecule is C=C(C)C(=O)O.C=C(C)C(=O)O.C=CC(=O)OCC(C)OC(=O)C=C. The first-order valence-electron chi connectivity index (χ1n) is 6.78. The summed E-state index contributed by atoms with van der Waals surface area (Å²) in [5.74, 6) is -2.95. The molecule has 1 unspecified atom stereocenters. The third kappa shape index (κ3) is 23.2. The second-order valence-corrected chi connectivity index (χ2v) is 4.46. The van der Waals surface area contributed by atoms with Crippen LogP contribution >= 0.6 is 0 Å². The third-order valence-corrected chi connectivity index (χ3v) is 1.84. The van der Waals surface area contributed by atoms with Crippen LogP contribution in [0, 0.1) is 0 Å². The van der Waals surface area contributed by atoms with Crippen molar-refractivity contribution in [1.82, 2.24) is 0 Å². The molecule has 8 heteroatoms. The molecular weight excluding hydrogens is 332 g/mol. The van der Waals surface area contributed by atoms with E-state index in [2.05, 4.69) is 31.1 Å². The van der Waals surface area contributed by atoms with Crippen molar-refractivity contribution in [1.29, 1.82) is 0 Å². The van der Waals surface area contributed by atoms with Gasteiger partial charge >= 0.3 is 23.9 Å². The van der Waals surface area contributed by atoms with Crippen LogP contribution in [0.15, 0.2) is 49.6 Å². The van der Waals surface area contributed by atoms with Gasteiger partial charge in [-0.1, -0.05) is 26.3 Å². The van der Waals surface area contributed by atoms with Crippen LogP contribution in [-0.2, 0) is 28.7 Å². The number of rotatable bonds is 7. The second-order valence-electron chi connectivity index (χ2n) is 4.46. The van der Waals surface area contributed by atoms with Crippen LogP contribution in [0.2, 0.25) is 0 Å². The average Bonchev–Trinajstić information content (AvgIpc) is 2.53. The van der Waals surface area contributed by atoms with Crippen molar-refractivity contribution >= 4 is 23.9 Å². The van der Waals surface area contributed by atoms with Gasteiger partial charge in [-0.3, -0.25) is 0 Å². The van der Waals surface area contributed by atoms with Crippen LogP contribution in [0.5, 0.6) is 0 Å². The van der Waals surface area contributed by atoms with E-state index in [0.29, 0.717) is 0 Å². The maximum atomic E-state index is 10.6. The fourth-order valence-corrected chi connectivity index (χ4v) is 0.539. The Bertz CT molecular complexity index is 483. The zero-order valence-electron chi connectivity index (χ0n) is 14.6. The first-order valence-corrected chi connectivity index (χ1v) is 6.78. The van der Waals surface area contributed by atoms with Crippen molar-refractivity contribution in [2.45, 2.75) is 26.9 Å². The van der Waals surface area contributed by atoms with Crippen LogP contribution in [-0.4, -0.2) is 46.8 Å². The maximum Gasteiger partial charge on any atom is 0.330 e. The topological polar surface area (TPSA) is 127 Å². The van der Waals surface area contributed by atoms with Crippen molar-refractivity contribution in [3.05, 3.63) is 49.6 Å². The molecule has 0 aromatic heterocycles. The van der Waals surface area contributed by atoms with Gasteiger partial charge in [0.1, 0.15) is 12.7 Å². The molecule has 0 saturated carbocycles. The molecule has 0 aliphatic carbocycles. The Morgan fingerprint density at radius 3 is 1.48 bits per heavy atom. The van der Waals surface area contributed by atoms with E-state index < -0.39 is 30.0 Å². The second kappa shape index (κ2) is 15.7. The molecule has 0 heterocycles. The Labute approximate surface area is 146 Å². The summed E-state index contributed by atoms with van der Waals surface area (Å²) in [4.78, 5) is 40.4. The number of carbonyl (C=O) groups is 4. The Balaban J connectivity index is -0.000000336. The van der Waals surface area contributed by atoms with Crippen molar-refractivity contribution in [3.63, 3.8) is 0 Å². The van der Waals surface area contributed by atoms with E-state index >= 15 is 0 Å². The quantitative estimate of drug-likeness (QED) is 0.524. The van der Waals surface area contributed by atoms with E-state index in [-0.39, 0.29) is 17.8 Å². The number of carbonyl (C=O) groups excluding carboxylic acids is 2. The smallest absolute Gasteiger partial charge is 0.330 e. The van der Waals surface area contributed by atoms with Crippen LogP contribution in [0.3, 0.4) is 0 Å². The van der Waals surface area contributed by atoms with Crippen LogP contribution in [0.4, 0.5) is 0 Å². The van der Waals surface area contributed by atoms with E-state index in [9.17, 15) is 19.2 Å². The molecule has 140 valence electrons. The fraction of sp³-hybridized carbons (Fsp3) is 0.294. The molecule has 0 aromatic carbocycles. The predicted molar refractivity (Wildman–Crippen MR) is 91.8 cm³/mol. The molecule has 0 fully saturated rings. The van der Waals surface area contributed by atoms with Crippen molar-refractivity contribution < 1.29 is 38.9 Å². The van der Waals surface area contributed by atoms with E-state index in [1.807, 2.05) is 0 Å². The first-order chi connectivity index (χ1) is 11.4. The van der Waals surface area contributed by atoms with Gasteiger partial charge in [0.2, 0.25) is 0 Å². The average molecular weight is 356 g/mol. The lowest BCUT2D eigenvalue weighted by molar-refractivity contribution is -0.151. The summed E-state index contributed by atoms with van der Waals surface area (Å²) in [5.41, 5.74) is 0.352. The molecule has 0 saturated heterocycles. The molecule has 0 radical (unpaired) electrons. The predicted octanol–water partition coefficient (Wildman–Crippen LogP) is 2.13. The van der Waals surface area contributed by atoms with E-state index in [1.165, 1.54) is 13.8 Å². The van der Waals surface area contributed by atoms with Gasteiger partial charge in [0, 0.05) is 23.3 Å². The molecule has 0 aliphatic heterocycles. The maximum absolute atomic E-state index is 10.6. The zero-order valence-corrected chi connectivity index (χ0v) is 14.6. The van der Waals surface area contributed by atoms with Gasteiger partial charge in [0.05, 0.1) is 0 Å². The lowest BCUT2D eigenvalue weighted by atomic mass is 10.4. The molecule has 0 spiro atoms. The molecule has 0 aliphatic rings. The van der Waals surface area contributed by atoms with Crippen molar-refractivity contribution in [2.75, 3.05) is 6.61 Å². The highest BCUT2D eigenvalue weighted by atomic mass is 16.6. The number of carboxylic acids is 2. The summed E-state index contributed by atoms with van der Waals surface area (Å²) in [5, 5.41) is 15.8. The molecule has 25 heavy (non-hydrogen) atoms. The largest absolute Gasteiger partial charge is 0.478 e. The third-order valence-electron chi connectivity index (χ3n) is 1.84. The molecule has 0 aromatic rings. The highest BCUT2D eigenvalue weighted by Crippen LogP contribution is 1.94. The summed E-state index contributed by atoms with van der Waals surface area (Å²) in [6.45, 7) is 17.3. The van der Waals surface area contributed by atoms with Crippen LogP contribution in [0.1, 0.15) is 20.8 Å². The monoisotopic (exact) mass is 356 g/mol. The molecule has 0 bridgehead atoms. The minimum absolute atomic E-state index is 0.0183. The summed E-state index contributed by atoms with van der Waals surface area (Å²) in [7, 11) is 0. The number of hydrogen-bond acceptors (Lipinski definition) is 6. The van der Waals surface area contributed by atoms with E-state index in [1.54, 1.807) is 6.92 Å². The minimum atomic E-state index is -0.935. The Hall–Kier alpha value is -3.16. The highest BCUT2D eigenvalue weighted by molar-refractivity contribution is 5.85. The van der Waals surface area contributed by atoms with Gasteiger partial charge in [-0.25, -0.2) is 19.2 Å². The number of ether oxygens (including phenoxy) is 2. The molecule has 1 atom stereocenters. The van der Waals surface area contributed by atoms with Crippen molar-refractivity contribution in [3.8, 4) is 0 Å². The van der Waals surface area contributed by atoms with Gasteiger partial charge in [-0.15, -0.1) is 0 Å². The van der Waals surface area contributed by atoms with Gasteiger partial charge in [-0.2, -0.15) is 0 Å². The summed E-state index contributed by atoms with van der Waals surface area (Å²) >= 11 is 0. The van der Waals surface area contributed by atoms with Crippen LogP contribution < -0.4 is 0 Å². The fourth-order valence-electron chi connectivity index (χ4n) is 0.539. The standard InChI is InChI=1S/C9H12O4.2C4H6O2/c1-4-8(10)12-6-7(3)13-9(11)5-2;2*1-3(2)4(5)6/h4-5,7H,1-2,6H2,3H3;2*1H2,2H3,(H,5,6). The number of esters is 2. The minimum Gasteiger partial charge on any atom is -0.478 e. The normalized spacial score (nSPS) is 9.40. The Morgan fingerprint density at radius 1 is 0.920 bits per heavy atom. The summed E-state index contributed by atoms with van der Waals surface area (Å²) < 4.78 is 9.36. The number of carboxylic acid groups (broad SMARTS) is 2. The van der Waals surface area contributed by atoms with Gasteiger partial charge < -0.3 is 19.7 Å². The van der Waals surface area contributed by atoms with Gasteiger partial charge in [0.25, 0.3) is 0 Å². The van der Waals surface area contributed by atoms with E-state index in [0.717, 1.165) is 12.2 Å². The number of aliphatic carboxylic acids is 2. The van der Waals surface area contributed by atoms with Gasteiger partial charge in [0.15, 0.2) is 0 Å². The lowest BCUT2D eigenvalue weighted by Gasteiger charge is -2.10. The lowest BCUT2D eigenvalue weighted by Crippen LogP contribution is -2.20. The molecule has 8 nitrogen and oxygen atoms in total. The Kier molecular flexibility index (Phi) is 16.8. The molecule has 0 amide bonds. The summed E-state index contributed by atoms with van der Waals surface area (Å²) in [6.07, 6.45) is 1.61. The van der Waals surface area contributed by atoms with E-state index in [4.69, 9.17) is 14.9 Å². The molecular formula is C17H24O8. The Morgan fingerprint density at radius 2 is 1.24 bits per heavy atom. The molecule has 2 N–H and O–H groups in total. The van der Waals surface area contributed by atoms with Crippen LogP contribution in [0.25, 0.3) is 0 Å². The van der Waals surface area contributed by atoms with Gasteiger partial charge in [-0.05, 0) is 20.8 Å².